The molecule has 2 heterocycles. The van der Waals surface area contributed by atoms with Crippen molar-refractivity contribution in [2.75, 3.05) is 0 Å². The van der Waals surface area contributed by atoms with Gasteiger partial charge in [0.25, 0.3) is 0 Å². The van der Waals surface area contributed by atoms with Crippen molar-refractivity contribution in [3.8, 4) is 73.2 Å². The quantitative estimate of drug-likeness (QED) is 0.163. The van der Waals surface area contributed by atoms with Gasteiger partial charge in [-0.15, -0.1) is 0 Å². The highest BCUT2D eigenvalue weighted by atomic mass is 15.1. The normalized spacial score (nSPS) is 11.4. The average molecular weight is 753 g/mol. The number of nitrogens with zero attached hydrogens (tertiary/aromatic N) is 4. The Morgan fingerprint density at radius 1 is 0.271 bits per heavy atom. The van der Waals surface area contributed by atoms with Gasteiger partial charge in [0, 0.05) is 27.5 Å². The molecule has 0 aliphatic rings. The van der Waals surface area contributed by atoms with Crippen LogP contribution >= 0.6 is 0 Å². The van der Waals surface area contributed by atoms with Crippen molar-refractivity contribution >= 4 is 32.6 Å². The molecule has 276 valence electrons. The van der Waals surface area contributed by atoms with Crippen LogP contribution in [-0.2, 0) is 0 Å². The molecule has 0 aliphatic heterocycles. The van der Waals surface area contributed by atoms with Gasteiger partial charge in [0.05, 0.1) is 16.7 Å². The highest BCUT2D eigenvalue weighted by molar-refractivity contribution is 6.10. The van der Waals surface area contributed by atoms with E-state index in [0.29, 0.717) is 17.5 Å². The van der Waals surface area contributed by atoms with Gasteiger partial charge in [0.1, 0.15) is 0 Å². The Balaban J connectivity index is 1.15. The molecule has 0 atom stereocenters. The summed E-state index contributed by atoms with van der Waals surface area (Å²) in [5, 5.41) is 4.69. The standard InChI is InChI=1S/C55H36N4/c1-4-15-37(16-5-1)39-27-29-41(30-28-39)53-56-54(44-32-33-46-43(35-44)21-14-24-45(46)40-19-8-3-9-20-40)58-55(57-53)49-34-31-42(38-17-6-2-7-18-38)36-52(49)59-50-25-12-10-22-47(50)48-23-11-13-26-51(48)59/h1-36H. The number of aromatic nitrogens is 4. The second-order valence-corrected chi connectivity index (χ2v) is 14.8. The average Bonchev–Trinajstić information content (AvgIpc) is 3.66. The van der Waals surface area contributed by atoms with Crippen LogP contribution in [-0.4, -0.2) is 19.5 Å². The fourth-order valence-electron chi connectivity index (χ4n) is 8.39. The van der Waals surface area contributed by atoms with E-state index >= 15 is 0 Å². The van der Waals surface area contributed by atoms with Crippen LogP contribution in [0.15, 0.2) is 218 Å². The van der Waals surface area contributed by atoms with E-state index in [1.165, 1.54) is 27.3 Å². The van der Waals surface area contributed by atoms with Crippen LogP contribution in [0.4, 0.5) is 0 Å². The summed E-state index contributed by atoms with van der Waals surface area (Å²) in [5.74, 6) is 1.83. The highest BCUT2D eigenvalue weighted by Gasteiger charge is 2.20. The molecule has 0 saturated heterocycles. The number of hydrogen-bond donors (Lipinski definition) is 0. The van der Waals surface area contributed by atoms with Crippen molar-refractivity contribution in [1.29, 1.82) is 0 Å². The minimum Gasteiger partial charge on any atom is -0.308 e. The molecule has 59 heavy (non-hydrogen) atoms. The third-order valence-corrected chi connectivity index (χ3v) is 11.3. The molecule has 4 nitrogen and oxygen atoms in total. The van der Waals surface area contributed by atoms with Gasteiger partial charge in [0.15, 0.2) is 17.5 Å². The molecule has 0 saturated carbocycles. The van der Waals surface area contributed by atoms with Gasteiger partial charge in [0.2, 0.25) is 0 Å². The van der Waals surface area contributed by atoms with Gasteiger partial charge in [-0.1, -0.05) is 188 Å². The van der Waals surface area contributed by atoms with Crippen molar-refractivity contribution in [3.63, 3.8) is 0 Å². The minimum atomic E-state index is 0.603. The van der Waals surface area contributed by atoms with Gasteiger partial charge < -0.3 is 4.57 Å². The van der Waals surface area contributed by atoms with Crippen molar-refractivity contribution in [3.05, 3.63) is 218 Å². The first-order chi connectivity index (χ1) is 29.2. The molecule has 0 bridgehead atoms. The third kappa shape index (κ3) is 6.24. The lowest BCUT2D eigenvalue weighted by atomic mass is 9.97. The Kier molecular flexibility index (Phi) is 8.45. The summed E-state index contributed by atoms with van der Waals surface area (Å²) in [4.78, 5) is 15.9. The van der Waals surface area contributed by atoms with Crippen LogP contribution in [0.2, 0.25) is 0 Å². The first-order valence-electron chi connectivity index (χ1n) is 19.9. The Bertz CT molecular complexity index is 3250. The highest BCUT2D eigenvalue weighted by Crippen LogP contribution is 2.39. The maximum absolute atomic E-state index is 5.35. The van der Waals surface area contributed by atoms with E-state index in [-0.39, 0.29) is 0 Å². The van der Waals surface area contributed by atoms with Crippen LogP contribution in [0.25, 0.3) is 106 Å². The van der Waals surface area contributed by atoms with E-state index in [0.717, 1.165) is 61.1 Å². The molecule has 0 aliphatic carbocycles. The van der Waals surface area contributed by atoms with Crippen LogP contribution in [0.3, 0.4) is 0 Å². The van der Waals surface area contributed by atoms with E-state index < -0.39 is 0 Å². The summed E-state index contributed by atoms with van der Waals surface area (Å²) in [6.07, 6.45) is 0. The van der Waals surface area contributed by atoms with E-state index in [9.17, 15) is 0 Å². The second kappa shape index (κ2) is 14.5. The number of hydrogen-bond acceptors (Lipinski definition) is 3. The topological polar surface area (TPSA) is 43.6 Å². The molecule has 0 amide bonds. The summed E-state index contributed by atoms with van der Waals surface area (Å²) in [6, 6.07) is 77.0. The smallest absolute Gasteiger partial charge is 0.166 e. The van der Waals surface area contributed by atoms with Gasteiger partial charge in [-0.2, -0.15) is 0 Å². The summed E-state index contributed by atoms with van der Waals surface area (Å²) in [6.45, 7) is 0. The molecule has 0 radical (unpaired) electrons. The predicted octanol–water partition coefficient (Wildman–Crippen LogP) is 14.1. The van der Waals surface area contributed by atoms with Crippen LogP contribution in [0.5, 0.6) is 0 Å². The number of benzene rings is 9. The zero-order valence-electron chi connectivity index (χ0n) is 32.1. The van der Waals surface area contributed by atoms with E-state index in [1.807, 2.05) is 6.07 Å². The number of para-hydroxylation sites is 2. The molecule has 0 unspecified atom stereocenters. The van der Waals surface area contributed by atoms with Crippen LogP contribution in [0, 0.1) is 0 Å². The van der Waals surface area contributed by atoms with E-state index in [2.05, 4.69) is 217 Å². The van der Waals surface area contributed by atoms with Crippen LogP contribution < -0.4 is 0 Å². The molecule has 11 aromatic rings. The monoisotopic (exact) mass is 752 g/mol. The largest absolute Gasteiger partial charge is 0.308 e. The maximum Gasteiger partial charge on any atom is 0.166 e. The van der Waals surface area contributed by atoms with Gasteiger partial charge in [-0.3, -0.25) is 0 Å². The van der Waals surface area contributed by atoms with Gasteiger partial charge >= 0.3 is 0 Å². The number of rotatable bonds is 7. The first kappa shape index (κ1) is 34.3. The van der Waals surface area contributed by atoms with Crippen molar-refractivity contribution < 1.29 is 0 Å². The maximum atomic E-state index is 5.35. The molecule has 2 aromatic heterocycles. The van der Waals surface area contributed by atoms with Crippen molar-refractivity contribution in [1.82, 2.24) is 19.5 Å². The van der Waals surface area contributed by atoms with Crippen molar-refractivity contribution in [2.24, 2.45) is 0 Å². The zero-order valence-corrected chi connectivity index (χ0v) is 32.1. The Hall–Kier alpha value is -7.95. The molecule has 0 spiro atoms. The summed E-state index contributed by atoms with van der Waals surface area (Å²) < 4.78 is 2.37. The van der Waals surface area contributed by atoms with Gasteiger partial charge in [-0.05, 0) is 74.5 Å². The van der Waals surface area contributed by atoms with Gasteiger partial charge in [-0.25, -0.2) is 15.0 Å². The molecule has 0 N–H and O–H groups in total. The molecule has 9 aromatic carbocycles. The number of fused-ring (bicyclic) bond motifs is 4. The lowest BCUT2D eigenvalue weighted by Gasteiger charge is -2.16. The molecule has 4 heteroatoms. The van der Waals surface area contributed by atoms with E-state index in [1.54, 1.807) is 0 Å². The fourth-order valence-corrected chi connectivity index (χ4v) is 8.39. The SMILES string of the molecule is c1ccc(-c2ccc(-c3nc(-c4ccc5c(-c6ccccc6)cccc5c4)nc(-c4ccc(-c5ccccc5)cc4-n4c5ccccc5c5ccccc54)n3)cc2)cc1. The minimum absolute atomic E-state index is 0.603. The third-order valence-electron chi connectivity index (χ3n) is 11.3. The summed E-state index contributed by atoms with van der Waals surface area (Å²) >= 11 is 0. The second-order valence-electron chi connectivity index (χ2n) is 14.8. The molecular weight excluding hydrogens is 717 g/mol. The van der Waals surface area contributed by atoms with Crippen LogP contribution in [0.1, 0.15) is 0 Å². The lowest BCUT2D eigenvalue weighted by Crippen LogP contribution is -2.04. The molecular formula is C55H36N4. The lowest BCUT2D eigenvalue weighted by molar-refractivity contribution is 1.06. The summed E-state index contributed by atoms with van der Waals surface area (Å²) in [5.41, 5.74) is 12.9. The zero-order chi connectivity index (χ0) is 39.1. The molecule has 0 fully saturated rings. The van der Waals surface area contributed by atoms with Crippen molar-refractivity contribution in [2.45, 2.75) is 0 Å². The Morgan fingerprint density at radius 2 is 0.763 bits per heavy atom. The fraction of sp³-hybridized carbons (Fsp3) is 0. The first-order valence-corrected chi connectivity index (χ1v) is 19.9. The molecule has 11 rings (SSSR count). The Morgan fingerprint density at radius 3 is 1.42 bits per heavy atom. The Labute approximate surface area is 342 Å². The predicted molar refractivity (Wildman–Crippen MR) is 244 cm³/mol. The van der Waals surface area contributed by atoms with E-state index in [4.69, 9.17) is 15.0 Å². The summed E-state index contributed by atoms with van der Waals surface area (Å²) in [7, 11) is 0.